The van der Waals surface area contributed by atoms with Crippen molar-refractivity contribution >= 4 is 11.9 Å². The van der Waals surface area contributed by atoms with Crippen LogP contribution in [0.2, 0.25) is 0 Å². The zero-order valence-corrected chi connectivity index (χ0v) is 20.1. The second-order valence-electron chi connectivity index (χ2n) is 9.09. The van der Waals surface area contributed by atoms with Crippen LogP contribution in [0, 0.1) is 0 Å². The number of nitrogens with one attached hydrogen (secondary N) is 1. The quantitative estimate of drug-likeness (QED) is 0.520. The first-order chi connectivity index (χ1) is 16.9. The number of amides is 1. The Bertz CT molecular complexity index is 1160. The lowest BCUT2D eigenvalue weighted by Crippen LogP contribution is -2.55. The number of carboxylic acid groups (broad SMARTS) is 1. The van der Waals surface area contributed by atoms with Gasteiger partial charge >= 0.3 is 5.97 Å². The van der Waals surface area contributed by atoms with Gasteiger partial charge in [0.1, 0.15) is 11.8 Å². The molecule has 2 N–H and O–H groups in total. The van der Waals surface area contributed by atoms with Gasteiger partial charge in [0.15, 0.2) is 0 Å². The van der Waals surface area contributed by atoms with Crippen molar-refractivity contribution < 1.29 is 19.4 Å². The number of pyridine rings is 1. The molecule has 7 nitrogen and oxygen atoms in total. The molecule has 0 spiro atoms. The predicted octanol–water partition coefficient (Wildman–Crippen LogP) is 3.53. The Balaban J connectivity index is 1.53. The summed E-state index contributed by atoms with van der Waals surface area (Å²) in [4.78, 5) is 32.1. The normalized spacial score (nSPS) is 16.3. The van der Waals surface area contributed by atoms with Gasteiger partial charge in [-0.15, -0.1) is 0 Å². The standard InChI is InChI=1S/C28H31N3O4/c1-31-16-13-28(14-17-31,22-6-5-15-29-19-22)27(34)30-24(26(32)33)18-20-9-11-21(12-10-20)23-7-3-4-8-25(23)35-2/h3-12,15,19,24H,13-14,16-18H2,1-2H3,(H,30,34)(H,32,33)/t24-/m0/s1. The minimum absolute atomic E-state index is 0.191. The number of benzene rings is 2. The number of para-hydroxylation sites is 1. The van der Waals surface area contributed by atoms with Crippen LogP contribution in [-0.4, -0.2) is 60.2 Å². The van der Waals surface area contributed by atoms with Crippen molar-refractivity contribution in [2.24, 2.45) is 0 Å². The minimum atomic E-state index is -1.05. The molecule has 0 saturated carbocycles. The highest BCUT2D eigenvalue weighted by molar-refractivity contribution is 5.91. The van der Waals surface area contributed by atoms with E-state index in [2.05, 4.69) is 15.2 Å². The summed E-state index contributed by atoms with van der Waals surface area (Å²) in [6, 6.07) is 18.1. The Morgan fingerprint density at radius 2 is 1.80 bits per heavy atom. The Hall–Kier alpha value is -3.71. The lowest BCUT2D eigenvalue weighted by molar-refractivity contribution is -0.143. The van der Waals surface area contributed by atoms with Crippen LogP contribution in [0.15, 0.2) is 73.1 Å². The van der Waals surface area contributed by atoms with E-state index in [1.807, 2.05) is 67.7 Å². The lowest BCUT2D eigenvalue weighted by Gasteiger charge is -2.40. The number of likely N-dealkylation sites (tertiary alicyclic amines) is 1. The molecule has 1 amide bonds. The average molecular weight is 474 g/mol. The molecule has 2 aromatic carbocycles. The van der Waals surface area contributed by atoms with Crippen molar-refractivity contribution in [1.29, 1.82) is 0 Å². The molecule has 2 heterocycles. The van der Waals surface area contributed by atoms with Crippen LogP contribution in [0.5, 0.6) is 5.75 Å². The fraction of sp³-hybridized carbons (Fsp3) is 0.321. The van der Waals surface area contributed by atoms with Gasteiger partial charge in [-0.3, -0.25) is 9.78 Å². The van der Waals surface area contributed by atoms with Crippen molar-refractivity contribution in [3.8, 4) is 16.9 Å². The number of methoxy groups -OCH3 is 1. The number of carbonyl (C=O) groups is 2. The van der Waals surface area contributed by atoms with Crippen LogP contribution in [0.4, 0.5) is 0 Å². The fourth-order valence-electron chi connectivity index (χ4n) is 4.73. The molecule has 0 radical (unpaired) electrons. The van der Waals surface area contributed by atoms with E-state index in [0.29, 0.717) is 12.8 Å². The van der Waals surface area contributed by atoms with Gasteiger partial charge in [0, 0.05) is 24.4 Å². The minimum Gasteiger partial charge on any atom is -0.496 e. The summed E-state index contributed by atoms with van der Waals surface area (Å²) in [6.07, 6.45) is 4.81. The second-order valence-corrected chi connectivity index (χ2v) is 9.09. The van der Waals surface area contributed by atoms with Crippen LogP contribution in [-0.2, 0) is 21.4 Å². The number of hydrogen-bond donors (Lipinski definition) is 2. The van der Waals surface area contributed by atoms with Crippen molar-refractivity contribution in [3.63, 3.8) is 0 Å². The highest BCUT2D eigenvalue weighted by Gasteiger charge is 2.43. The molecular formula is C28H31N3O4. The predicted molar refractivity (Wildman–Crippen MR) is 134 cm³/mol. The molecule has 1 fully saturated rings. The maximum Gasteiger partial charge on any atom is 0.326 e. The van der Waals surface area contributed by atoms with E-state index in [0.717, 1.165) is 41.1 Å². The summed E-state index contributed by atoms with van der Waals surface area (Å²) in [6.45, 7) is 1.51. The summed E-state index contributed by atoms with van der Waals surface area (Å²) < 4.78 is 5.45. The Labute approximate surface area is 205 Å². The molecule has 4 rings (SSSR count). The van der Waals surface area contributed by atoms with E-state index in [1.54, 1.807) is 19.5 Å². The summed E-state index contributed by atoms with van der Waals surface area (Å²) in [7, 11) is 3.66. The number of ether oxygens (including phenoxy) is 1. The summed E-state index contributed by atoms with van der Waals surface area (Å²) in [5.74, 6) is -0.534. The second kappa shape index (κ2) is 10.7. The van der Waals surface area contributed by atoms with Gasteiger partial charge in [0.25, 0.3) is 0 Å². The average Bonchev–Trinajstić information content (AvgIpc) is 2.89. The van der Waals surface area contributed by atoms with Gasteiger partial charge in [0.05, 0.1) is 12.5 Å². The molecule has 1 aliphatic rings. The van der Waals surface area contributed by atoms with Crippen LogP contribution >= 0.6 is 0 Å². The largest absolute Gasteiger partial charge is 0.496 e. The molecular weight excluding hydrogens is 442 g/mol. The molecule has 0 unspecified atom stereocenters. The zero-order valence-electron chi connectivity index (χ0n) is 20.1. The van der Waals surface area contributed by atoms with E-state index < -0.39 is 17.4 Å². The monoisotopic (exact) mass is 473 g/mol. The number of piperidine rings is 1. The number of nitrogens with zero attached hydrogens (tertiary/aromatic N) is 2. The van der Waals surface area contributed by atoms with Crippen molar-refractivity contribution in [1.82, 2.24) is 15.2 Å². The molecule has 1 aromatic heterocycles. The van der Waals surface area contributed by atoms with Crippen LogP contribution in [0.25, 0.3) is 11.1 Å². The van der Waals surface area contributed by atoms with Crippen LogP contribution in [0.1, 0.15) is 24.0 Å². The Kier molecular flexibility index (Phi) is 7.46. The molecule has 0 aliphatic carbocycles. The third kappa shape index (κ3) is 5.35. The maximum absolute atomic E-state index is 13.6. The van der Waals surface area contributed by atoms with E-state index in [4.69, 9.17) is 4.74 Å². The van der Waals surface area contributed by atoms with E-state index in [1.165, 1.54) is 0 Å². The summed E-state index contributed by atoms with van der Waals surface area (Å²) in [5.41, 5.74) is 2.81. The number of carbonyl (C=O) groups excluding carboxylic acids is 1. The summed E-state index contributed by atoms with van der Waals surface area (Å²) >= 11 is 0. The van der Waals surface area contributed by atoms with Crippen molar-refractivity contribution in [2.45, 2.75) is 30.7 Å². The first-order valence-corrected chi connectivity index (χ1v) is 11.8. The van der Waals surface area contributed by atoms with Crippen LogP contribution < -0.4 is 10.1 Å². The first-order valence-electron chi connectivity index (χ1n) is 11.8. The van der Waals surface area contributed by atoms with Crippen molar-refractivity contribution in [2.75, 3.05) is 27.2 Å². The molecule has 35 heavy (non-hydrogen) atoms. The molecule has 1 aliphatic heterocycles. The van der Waals surface area contributed by atoms with Crippen LogP contribution in [0.3, 0.4) is 0 Å². The molecule has 3 aromatic rings. The number of hydrogen-bond acceptors (Lipinski definition) is 5. The lowest BCUT2D eigenvalue weighted by atomic mass is 9.72. The number of aromatic nitrogens is 1. The maximum atomic E-state index is 13.6. The van der Waals surface area contributed by atoms with E-state index in [-0.39, 0.29) is 12.3 Å². The van der Waals surface area contributed by atoms with Gasteiger partial charge in [-0.25, -0.2) is 4.79 Å². The van der Waals surface area contributed by atoms with Gasteiger partial charge in [0.2, 0.25) is 5.91 Å². The number of rotatable bonds is 8. The summed E-state index contributed by atoms with van der Waals surface area (Å²) in [5, 5.41) is 12.8. The topological polar surface area (TPSA) is 91.8 Å². The number of aliphatic carboxylic acids is 1. The third-order valence-electron chi connectivity index (χ3n) is 6.90. The molecule has 0 bridgehead atoms. The van der Waals surface area contributed by atoms with Gasteiger partial charge < -0.3 is 20.1 Å². The van der Waals surface area contributed by atoms with Gasteiger partial charge in [-0.2, -0.15) is 0 Å². The molecule has 1 saturated heterocycles. The number of carboxylic acids is 1. The Morgan fingerprint density at radius 3 is 2.43 bits per heavy atom. The Morgan fingerprint density at radius 1 is 1.09 bits per heavy atom. The molecule has 7 heteroatoms. The highest BCUT2D eigenvalue weighted by atomic mass is 16.5. The zero-order chi connectivity index (χ0) is 24.8. The van der Waals surface area contributed by atoms with E-state index in [9.17, 15) is 14.7 Å². The molecule has 1 atom stereocenters. The third-order valence-corrected chi connectivity index (χ3v) is 6.90. The van der Waals surface area contributed by atoms with E-state index >= 15 is 0 Å². The fourth-order valence-corrected chi connectivity index (χ4v) is 4.73. The van der Waals surface area contributed by atoms with Gasteiger partial charge in [-0.05, 0) is 61.8 Å². The SMILES string of the molecule is COc1ccccc1-c1ccc(C[C@H](NC(=O)C2(c3cccnc3)CCN(C)CC2)C(=O)O)cc1. The molecule has 182 valence electrons. The highest BCUT2D eigenvalue weighted by Crippen LogP contribution is 2.35. The first kappa shape index (κ1) is 24.4. The smallest absolute Gasteiger partial charge is 0.326 e. The van der Waals surface area contributed by atoms with Crippen molar-refractivity contribution in [3.05, 3.63) is 84.2 Å². The van der Waals surface area contributed by atoms with Gasteiger partial charge in [-0.1, -0.05) is 48.5 Å².